The molecule has 0 aromatic rings. The number of nitrogens with two attached hydrogens (primary N) is 1. The first kappa shape index (κ1) is 11.7. The maximum absolute atomic E-state index is 11.6. The number of ether oxygens (including phenoxy) is 1. The van der Waals surface area contributed by atoms with E-state index in [1.54, 1.807) is 0 Å². The van der Waals surface area contributed by atoms with Crippen molar-refractivity contribution in [3.05, 3.63) is 0 Å². The molecule has 0 unspecified atom stereocenters. The number of hydrogen-bond acceptors (Lipinski definition) is 3. The molecular formula is C12H22N2O2. The van der Waals surface area contributed by atoms with Gasteiger partial charge in [-0.15, -0.1) is 0 Å². The van der Waals surface area contributed by atoms with Crippen LogP contribution in [0, 0.1) is 11.8 Å². The van der Waals surface area contributed by atoms with Crippen molar-refractivity contribution in [2.24, 2.45) is 17.6 Å². The fourth-order valence-electron chi connectivity index (χ4n) is 3.03. The van der Waals surface area contributed by atoms with Gasteiger partial charge in [0, 0.05) is 12.1 Å². The lowest BCUT2D eigenvalue weighted by Gasteiger charge is -2.29. The summed E-state index contributed by atoms with van der Waals surface area (Å²) < 4.78 is 5.25. The number of alkyl carbamates (subject to hydrolysis) is 1. The molecule has 0 saturated heterocycles. The minimum Gasteiger partial charge on any atom is -0.444 e. The van der Waals surface area contributed by atoms with Crippen LogP contribution in [0.15, 0.2) is 0 Å². The van der Waals surface area contributed by atoms with E-state index in [0.717, 1.165) is 12.8 Å². The molecule has 0 spiro atoms. The molecule has 3 N–H and O–H groups in total. The zero-order valence-corrected chi connectivity index (χ0v) is 10.3. The minimum absolute atomic E-state index is 0.226. The topological polar surface area (TPSA) is 64.3 Å². The average molecular weight is 226 g/mol. The molecule has 2 saturated carbocycles. The summed E-state index contributed by atoms with van der Waals surface area (Å²) in [5, 5.41) is 2.96. The van der Waals surface area contributed by atoms with E-state index in [2.05, 4.69) is 5.32 Å². The molecule has 1 amide bonds. The number of nitrogens with one attached hydrogen (secondary N) is 1. The zero-order valence-electron chi connectivity index (χ0n) is 10.3. The maximum atomic E-state index is 11.6. The van der Waals surface area contributed by atoms with Crippen LogP contribution in [-0.4, -0.2) is 23.8 Å². The van der Waals surface area contributed by atoms with Gasteiger partial charge < -0.3 is 15.8 Å². The van der Waals surface area contributed by atoms with Crippen LogP contribution < -0.4 is 11.1 Å². The van der Waals surface area contributed by atoms with Gasteiger partial charge in [0.05, 0.1) is 0 Å². The molecule has 0 aromatic carbocycles. The van der Waals surface area contributed by atoms with Gasteiger partial charge >= 0.3 is 6.09 Å². The predicted molar refractivity (Wildman–Crippen MR) is 62.0 cm³/mol. The monoisotopic (exact) mass is 226 g/mol. The van der Waals surface area contributed by atoms with E-state index in [1.165, 1.54) is 6.42 Å². The van der Waals surface area contributed by atoms with Crippen LogP contribution in [0.1, 0.15) is 40.0 Å². The largest absolute Gasteiger partial charge is 0.444 e. The number of carbonyl (C=O) groups is 1. The van der Waals surface area contributed by atoms with Crippen molar-refractivity contribution >= 4 is 6.09 Å². The fourth-order valence-corrected chi connectivity index (χ4v) is 3.03. The normalized spacial score (nSPS) is 37.5. The van der Waals surface area contributed by atoms with E-state index in [0.29, 0.717) is 11.8 Å². The Morgan fingerprint density at radius 1 is 1.31 bits per heavy atom. The number of hydrogen-bond donors (Lipinski definition) is 2. The maximum Gasteiger partial charge on any atom is 0.407 e. The molecule has 2 bridgehead atoms. The van der Waals surface area contributed by atoms with Gasteiger partial charge in [0.1, 0.15) is 5.60 Å². The molecule has 2 aliphatic rings. The van der Waals surface area contributed by atoms with Gasteiger partial charge in [-0.1, -0.05) is 0 Å². The Morgan fingerprint density at radius 2 is 2.00 bits per heavy atom. The Balaban J connectivity index is 1.85. The molecular weight excluding hydrogens is 204 g/mol. The lowest BCUT2D eigenvalue weighted by atomic mass is 9.91. The van der Waals surface area contributed by atoms with E-state index in [1.807, 2.05) is 20.8 Å². The van der Waals surface area contributed by atoms with Gasteiger partial charge in [-0.05, 0) is 51.9 Å². The number of rotatable bonds is 1. The van der Waals surface area contributed by atoms with Crippen LogP contribution in [0.25, 0.3) is 0 Å². The van der Waals surface area contributed by atoms with Crippen LogP contribution in [-0.2, 0) is 4.74 Å². The van der Waals surface area contributed by atoms with Gasteiger partial charge in [0.15, 0.2) is 0 Å². The van der Waals surface area contributed by atoms with E-state index in [4.69, 9.17) is 10.5 Å². The molecule has 2 fully saturated rings. The smallest absolute Gasteiger partial charge is 0.407 e. The molecule has 0 radical (unpaired) electrons. The summed E-state index contributed by atoms with van der Waals surface area (Å²) in [7, 11) is 0. The van der Waals surface area contributed by atoms with Crippen LogP contribution in [0.4, 0.5) is 4.79 Å². The third-order valence-corrected chi connectivity index (χ3v) is 3.57. The van der Waals surface area contributed by atoms with E-state index >= 15 is 0 Å². The van der Waals surface area contributed by atoms with Crippen LogP contribution in [0.2, 0.25) is 0 Å². The number of carbonyl (C=O) groups excluding carboxylic acids is 1. The van der Waals surface area contributed by atoms with Crippen molar-refractivity contribution in [3.63, 3.8) is 0 Å². The second kappa shape index (κ2) is 3.91. The summed E-state index contributed by atoms with van der Waals surface area (Å²) in [6.07, 6.45) is 3.05. The number of amides is 1. The van der Waals surface area contributed by atoms with E-state index in [-0.39, 0.29) is 18.2 Å². The van der Waals surface area contributed by atoms with Crippen molar-refractivity contribution in [3.8, 4) is 0 Å². The van der Waals surface area contributed by atoms with Crippen molar-refractivity contribution in [2.75, 3.05) is 0 Å². The molecule has 4 heteroatoms. The van der Waals surface area contributed by atoms with Crippen LogP contribution >= 0.6 is 0 Å². The Bertz CT molecular complexity index is 285. The van der Waals surface area contributed by atoms with Crippen molar-refractivity contribution in [2.45, 2.75) is 57.7 Å². The standard InChI is InChI=1S/C12H22N2O2/c1-12(2,3)16-11(15)14-10-6-7-4-8(10)9(13)5-7/h7-10H,4-6,13H2,1-3H3,(H,14,15)/t7-,8+,9-,10+/m0/s1. The van der Waals surface area contributed by atoms with Gasteiger partial charge in [0.25, 0.3) is 0 Å². The zero-order chi connectivity index (χ0) is 11.9. The molecule has 16 heavy (non-hydrogen) atoms. The number of fused-ring (bicyclic) bond motifs is 2. The highest BCUT2D eigenvalue weighted by Crippen LogP contribution is 2.43. The molecule has 2 rings (SSSR count). The van der Waals surface area contributed by atoms with Crippen molar-refractivity contribution in [1.82, 2.24) is 5.32 Å². The SMILES string of the molecule is CC(C)(C)OC(=O)N[C@@H]1C[C@H]2C[C@@H]1[C@@H](N)C2. The van der Waals surface area contributed by atoms with Crippen molar-refractivity contribution < 1.29 is 9.53 Å². The first-order valence-corrected chi connectivity index (χ1v) is 6.10. The Labute approximate surface area is 96.9 Å². The average Bonchev–Trinajstić information content (AvgIpc) is 2.57. The molecule has 4 nitrogen and oxygen atoms in total. The second-order valence-corrected chi connectivity index (χ2v) is 6.15. The van der Waals surface area contributed by atoms with Crippen LogP contribution in [0.5, 0.6) is 0 Å². The van der Waals surface area contributed by atoms with Gasteiger partial charge in [-0.25, -0.2) is 4.79 Å². The highest BCUT2D eigenvalue weighted by molar-refractivity contribution is 5.68. The lowest BCUT2D eigenvalue weighted by Crippen LogP contribution is -2.47. The molecule has 0 aromatic heterocycles. The quantitative estimate of drug-likeness (QED) is 0.714. The summed E-state index contributed by atoms with van der Waals surface area (Å²) in [6, 6.07) is 0.488. The summed E-state index contributed by atoms with van der Waals surface area (Å²) in [4.78, 5) is 11.6. The fraction of sp³-hybridized carbons (Fsp3) is 0.917. The Hall–Kier alpha value is -0.770. The Morgan fingerprint density at radius 3 is 2.50 bits per heavy atom. The molecule has 92 valence electrons. The van der Waals surface area contributed by atoms with Crippen LogP contribution in [0.3, 0.4) is 0 Å². The third kappa shape index (κ3) is 2.48. The summed E-state index contributed by atoms with van der Waals surface area (Å²) in [6.45, 7) is 5.62. The second-order valence-electron chi connectivity index (χ2n) is 6.15. The van der Waals surface area contributed by atoms with Gasteiger partial charge in [-0.2, -0.15) is 0 Å². The summed E-state index contributed by atoms with van der Waals surface area (Å²) >= 11 is 0. The van der Waals surface area contributed by atoms with Crippen molar-refractivity contribution in [1.29, 1.82) is 0 Å². The first-order valence-electron chi connectivity index (χ1n) is 6.10. The Kier molecular flexibility index (Phi) is 2.86. The molecule has 2 aliphatic carbocycles. The molecule has 4 atom stereocenters. The van der Waals surface area contributed by atoms with Gasteiger partial charge in [0.2, 0.25) is 0 Å². The lowest BCUT2D eigenvalue weighted by molar-refractivity contribution is 0.0484. The minimum atomic E-state index is -0.427. The van der Waals surface area contributed by atoms with Gasteiger partial charge in [-0.3, -0.25) is 0 Å². The highest BCUT2D eigenvalue weighted by atomic mass is 16.6. The first-order chi connectivity index (χ1) is 7.35. The highest BCUT2D eigenvalue weighted by Gasteiger charge is 2.45. The predicted octanol–water partition coefficient (Wildman–Crippen LogP) is 1.64. The van der Waals surface area contributed by atoms with E-state index in [9.17, 15) is 4.79 Å². The summed E-state index contributed by atoms with van der Waals surface area (Å²) in [5.74, 6) is 1.16. The van der Waals surface area contributed by atoms with E-state index < -0.39 is 5.60 Å². The third-order valence-electron chi connectivity index (χ3n) is 3.57. The molecule has 0 heterocycles. The summed E-state index contributed by atoms with van der Waals surface area (Å²) in [5.41, 5.74) is 5.59. The molecule has 0 aliphatic heterocycles.